The number of H-pyrrole nitrogens is 1. The molecule has 0 aliphatic rings. The fraction of sp³-hybridized carbons (Fsp3) is 0.0769. The molecule has 0 aliphatic carbocycles. The van der Waals surface area contributed by atoms with Gasteiger partial charge in [0.1, 0.15) is 11.5 Å². The predicted octanol–water partition coefficient (Wildman–Crippen LogP) is 2.87. The first kappa shape index (κ1) is 13.3. The van der Waals surface area contributed by atoms with Gasteiger partial charge in [-0.1, -0.05) is 28.8 Å². The fourth-order valence-corrected chi connectivity index (χ4v) is 1.87. The highest BCUT2D eigenvalue weighted by atomic mass is 35.5. The van der Waals surface area contributed by atoms with Gasteiger partial charge >= 0.3 is 0 Å². The molecule has 21 heavy (non-hydrogen) atoms. The number of nitrogens with zero attached hydrogens (tertiary/aromatic N) is 4. The maximum atomic E-state index is 6.11. The number of aromatic amines is 1. The Bertz CT molecular complexity index is 765. The monoisotopic (exact) mass is 302 g/mol. The molecular weight excluding hydrogens is 292 g/mol. The van der Waals surface area contributed by atoms with Gasteiger partial charge in [0.2, 0.25) is 0 Å². The number of halogens is 1. The molecule has 0 fully saturated rings. The number of hydrazone groups is 1. The zero-order chi connectivity index (χ0) is 14.7. The molecule has 0 atom stereocenters. The largest absolute Gasteiger partial charge is 0.455 e. The van der Waals surface area contributed by atoms with Crippen molar-refractivity contribution in [2.24, 2.45) is 5.10 Å². The first-order chi connectivity index (χ1) is 10.2. The van der Waals surface area contributed by atoms with Gasteiger partial charge in [-0.3, -0.25) is 0 Å². The Balaban J connectivity index is 1.73. The Hall–Kier alpha value is -2.67. The van der Waals surface area contributed by atoms with Crippen molar-refractivity contribution in [1.29, 1.82) is 0 Å². The third-order valence-electron chi connectivity index (χ3n) is 2.78. The van der Waals surface area contributed by atoms with Crippen molar-refractivity contribution in [2.75, 3.05) is 5.43 Å². The number of hydrogen-bond acceptors (Lipinski definition) is 6. The van der Waals surface area contributed by atoms with Crippen LogP contribution in [0.4, 0.5) is 5.95 Å². The van der Waals surface area contributed by atoms with E-state index in [-0.39, 0.29) is 5.95 Å². The second kappa shape index (κ2) is 5.76. The van der Waals surface area contributed by atoms with Crippen LogP contribution >= 0.6 is 11.6 Å². The normalized spacial score (nSPS) is 11.1. The zero-order valence-corrected chi connectivity index (χ0v) is 11.8. The molecule has 2 aromatic heterocycles. The highest BCUT2D eigenvalue weighted by Gasteiger charge is 2.05. The lowest BCUT2D eigenvalue weighted by Gasteiger charge is -2.00. The fourth-order valence-electron chi connectivity index (χ4n) is 1.69. The van der Waals surface area contributed by atoms with Crippen molar-refractivity contribution in [3.63, 3.8) is 0 Å². The summed E-state index contributed by atoms with van der Waals surface area (Å²) >= 11 is 6.11. The second-order valence-electron chi connectivity index (χ2n) is 4.27. The van der Waals surface area contributed by atoms with E-state index in [0.717, 1.165) is 16.9 Å². The summed E-state index contributed by atoms with van der Waals surface area (Å²) in [4.78, 5) is 0. The van der Waals surface area contributed by atoms with Gasteiger partial charge in [0.15, 0.2) is 0 Å². The van der Waals surface area contributed by atoms with Crippen LogP contribution in [0, 0.1) is 6.92 Å². The summed E-state index contributed by atoms with van der Waals surface area (Å²) in [6, 6.07) is 9.44. The van der Waals surface area contributed by atoms with Crippen molar-refractivity contribution in [2.45, 2.75) is 6.92 Å². The van der Waals surface area contributed by atoms with E-state index in [9.17, 15) is 0 Å². The number of aromatic nitrogens is 4. The highest BCUT2D eigenvalue weighted by Crippen LogP contribution is 2.26. The van der Waals surface area contributed by atoms with Crippen molar-refractivity contribution in [3.8, 4) is 11.3 Å². The van der Waals surface area contributed by atoms with Gasteiger partial charge in [-0.2, -0.15) is 10.3 Å². The number of hydrogen-bond donors (Lipinski definition) is 2. The van der Waals surface area contributed by atoms with Gasteiger partial charge in [0.05, 0.1) is 6.21 Å². The van der Waals surface area contributed by atoms with Crippen molar-refractivity contribution < 1.29 is 4.42 Å². The molecule has 0 saturated carbocycles. The molecule has 0 amide bonds. The van der Waals surface area contributed by atoms with E-state index in [2.05, 4.69) is 31.2 Å². The SMILES string of the molecule is Cc1ccc(-c2ccc(C=NNc3nn[nH]n3)o2)cc1Cl. The number of aryl methyl sites for hydroxylation is 1. The molecule has 0 saturated heterocycles. The van der Waals surface area contributed by atoms with E-state index in [0.29, 0.717) is 10.8 Å². The average molecular weight is 303 g/mol. The van der Waals surface area contributed by atoms with Gasteiger partial charge < -0.3 is 4.42 Å². The molecule has 106 valence electrons. The van der Waals surface area contributed by atoms with Crippen molar-refractivity contribution >= 4 is 23.8 Å². The maximum Gasteiger partial charge on any atom is 0.283 e. The van der Waals surface area contributed by atoms with Gasteiger partial charge in [0.25, 0.3) is 5.95 Å². The molecule has 3 rings (SSSR count). The summed E-state index contributed by atoms with van der Waals surface area (Å²) in [7, 11) is 0. The van der Waals surface area contributed by atoms with Crippen LogP contribution in [0.3, 0.4) is 0 Å². The third-order valence-corrected chi connectivity index (χ3v) is 3.19. The smallest absolute Gasteiger partial charge is 0.283 e. The number of nitrogens with one attached hydrogen (secondary N) is 2. The summed E-state index contributed by atoms with van der Waals surface area (Å²) in [5.74, 6) is 1.60. The van der Waals surface area contributed by atoms with Crippen molar-refractivity contribution in [1.82, 2.24) is 20.6 Å². The molecule has 1 aromatic carbocycles. The van der Waals surface area contributed by atoms with E-state index in [1.807, 2.05) is 37.3 Å². The van der Waals surface area contributed by atoms with Gasteiger partial charge in [-0.25, -0.2) is 5.43 Å². The minimum atomic E-state index is 0.281. The Morgan fingerprint density at radius 1 is 1.33 bits per heavy atom. The first-order valence-electron chi connectivity index (χ1n) is 6.11. The standard InChI is InChI=1S/C13H11ClN6O/c1-8-2-3-9(6-11(8)14)12-5-4-10(21-12)7-15-16-13-17-19-20-18-13/h2-7H,1H3,(H2,16,17,18,19,20). The average Bonchev–Trinajstić information content (AvgIpc) is 3.13. The lowest BCUT2D eigenvalue weighted by Crippen LogP contribution is -1.91. The number of tetrazole rings is 1. The molecule has 0 bridgehead atoms. The second-order valence-corrected chi connectivity index (χ2v) is 4.68. The summed E-state index contributed by atoms with van der Waals surface area (Å²) < 4.78 is 5.67. The number of furan rings is 1. The van der Waals surface area contributed by atoms with Crippen LogP contribution in [-0.2, 0) is 0 Å². The van der Waals surface area contributed by atoms with E-state index in [1.165, 1.54) is 6.21 Å². The van der Waals surface area contributed by atoms with Crippen LogP contribution in [-0.4, -0.2) is 26.8 Å². The van der Waals surface area contributed by atoms with Gasteiger partial charge in [0, 0.05) is 10.6 Å². The maximum absolute atomic E-state index is 6.11. The molecule has 8 heteroatoms. The Morgan fingerprint density at radius 2 is 2.24 bits per heavy atom. The molecule has 7 nitrogen and oxygen atoms in total. The molecule has 3 aromatic rings. The Labute approximate surface area is 125 Å². The van der Waals surface area contributed by atoms with Crippen LogP contribution in [0.15, 0.2) is 39.9 Å². The van der Waals surface area contributed by atoms with Gasteiger partial charge in [-0.05, 0) is 35.9 Å². The van der Waals surface area contributed by atoms with Crippen LogP contribution in [0.1, 0.15) is 11.3 Å². The Morgan fingerprint density at radius 3 is 3.00 bits per heavy atom. The third kappa shape index (κ3) is 3.09. The van der Waals surface area contributed by atoms with E-state index in [4.69, 9.17) is 16.0 Å². The lowest BCUT2D eigenvalue weighted by atomic mass is 10.1. The minimum absolute atomic E-state index is 0.281. The first-order valence-corrected chi connectivity index (χ1v) is 6.49. The lowest BCUT2D eigenvalue weighted by molar-refractivity contribution is 0.575. The summed E-state index contributed by atoms with van der Waals surface area (Å²) in [6.45, 7) is 1.95. The summed E-state index contributed by atoms with van der Waals surface area (Å²) in [5, 5.41) is 17.8. The van der Waals surface area contributed by atoms with E-state index >= 15 is 0 Å². The highest BCUT2D eigenvalue weighted by molar-refractivity contribution is 6.31. The molecule has 2 heterocycles. The molecule has 0 unspecified atom stereocenters. The van der Waals surface area contributed by atoms with Crippen molar-refractivity contribution in [3.05, 3.63) is 46.7 Å². The predicted molar refractivity (Wildman–Crippen MR) is 79.3 cm³/mol. The van der Waals surface area contributed by atoms with Crippen LogP contribution in [0.2, 0.25) is 5.02 Å². The van der Waals surface area contributed by atoms with Crippen LogP contribution in [0.5, 0.6) is 0 Å². The Kier molecular flexibility index (Phi) is 3.65. The van der Waals surface area contributed by atoms with E-state index < -0.39 is 0 Å². The number of benzene rings is 1. The molecule has 0 radical (unpaired) electrons. The minimum Gasteiger partial charge on any atom is -0.455 e. The van der Waals surface area contributed by atoms with Crippen LogP contribution < -0.4 is 5.43 Å². The molecular formula is C13H11ClN6O. The number of rotatable bonds is 4. The summed E-state index contributed by atoms with van der Waals surface area (Å²) in [6.07, 6.45) is 1.52. The molecule has 0 aliphatic heterocycles. The molecule has 2 N–H and O–H groups in total. The quantitative estimate of drug-likeness (QED) is 0.571. The number of anilines is 1. The molecule has 0 spiro atoms. The zero-order valence-electron chi connectivity index (χ0n) is 11.0. The van der Waals surface area contributed by atoms with Gasteiger partial charge in [-0.15, -0.1) is 5.10 Å². The summed E-state index contributed by atoms with van der Waals surface area (Å²) in [5.41, 5.74) is 4.55. The van der Waals surface area contributed by atoms with E-state index in [1.54, 1.807) is 0 Å². The topological polar surface area (TPSA) is 92.0 Å². The van der Waals surface area contributed by atoms with Crippen LogP contribution in [0.25, 0.3) is 11.3 Å².